The zero-order chi connectivity index (χ0) is 28.3. The number of benzene rings is 2. The van der Waals surface area contributed by atoms with Crippen LogP contribution in [0, 0.1) is 11.8 Å². The molecular formula is C27H28ClF3N4O4. The molecule has 2 aromatic carbocycles. The molecule has 2 aliphatic heterocycles. The van der Waals surface area contributed by atoms with Gasteiger partial charge in [0.15, 0.2) is 0 Å². The van der Waals surface area contributed by atoms with Gasteiger partial charge in [0.1, 0.15) is 12.4 Å². The SMILES string of the molecule is CCCC(C(N)=O)C(CCC(F)(F)F)C(=O)NC1N=C(c2cccc(Cl)c2)c2cccc3c2N(CCO3)C1=O. The molecule has 2 aromatic rings. The summed E-state index contributed by atoms with van der Waals surface area (Å²) < 4.78 is 45.1. The van der Waals surface area contributed by atoms with Gasteiger partial charge in [-0.1, -0.05) is 49.2 Å². The molecule has 2 heterocycles. The van der Waals surface area contributed by atoms with Gasteiger partial charge in [-0.05, 0) is 31.0 Å². The third-order valence-corrected chi connectivity index (χ3v) is 6.99. The van der Waals surface area contributed by atoms with Crippen molar-refractivity contribution in [3.8, 4) is 5.75 Å². The zero-order valence-electron chi connectivity index (χ0n) is 21.1. The molecule has 12 heteroatoms. The van der Waals surface area contributed by atoms with Crippen molar-refractivity contribution in [3.63, 3.8) is 0 Å². The molecule has 39 heavy (non-hydrogen) atoms. The van der Waals surface area contributed by atoms with Gasteiger partial charge in [-0.3, -0.25) is 14.4 Å². The van der Waals surface area contributed by atoms with Gasteiger partial charge in [0.2, 0.25) is 18.0 Å². The fourth-order valence-electron chi connectivity index (χ4n) is 4.98. The fraction of sp³-hybridized carbons (Fsp3) is 0.407. The number of amides is 3. The van der Waals surface area contributed by atoms with Crippen molar-refractivity contribution in [2.45, 2.75) is 44.9 Å². The topological polar surface area (TPSA) is 114 Å². The van der Waals surface area contributed by atoms with Crippen LogP contribution < -0.4 is 20.7 Å². The van der Waals surface area contributed by atoms with E-state index >= 15 is 0 Å². The molecule has 0 spiro atoms. The van der Waals surface area contributed by atoms with E-state index in [2.05, 4.69) is 10.3 Å². The van der Waals surface area contributed by atoms with Crippen LogP contribution in [0.5, 0.6) is 5.75 Å². The molecule has 8 nitrogen and oxygen atoms in total. The van der Waals surface area contributed by atoms with Crippen LogP contribution in [0.25, 0.3) is 0 Å². The highest BCUT2D eigenvalue weighted by Gasteiger charge is 2.40. The lowest BCUT2D eigenvalue weighted by molar-refractivity contribution is -0.146. The number of carbonyl (C=O) groups excluding carboxylic acids is 3. The molecule has 0 fully saturated rings. The predicted molar refractivity (Wildman–Crippen MR) is 140 cm³/mol. The van der Waals surface area contributed by atoms with Gasteiger partial charge >= 0.3 is 6.18 Å². The Morgan fingerprint density at radius 2 is 1.95 bits per heavy atom. The molecule has 3 atom stereocenters. The first-order chi connectivity index (χ1) is 18.5. The number of hydrogen-bond acceptors (Lipinski definition) is 5. The highest BCUT2D eigenvalue weighted by Crippen LogP contribution is 2.39. The molecule has 0 saturated carbocycles. The summed E-state index contributed by atoms with van der Waals surface area (Å²) in [6.07, 6.45) is -7.42. The molecule has 3 N–H and O–H groups in total. The van der Waals surface area contributed by atoms with Crippen molar-refractivity contribution in [2.75, 3.05) is 18.1 Å². The van der Waals surface area contributed by atoms with Crippen LogP contribution in [0.15, 0.2) is 47.5 Å². The van der Waals surface area contributed by atoms with Gasteiger partial charge in [-0.25, -0.2) is 4.99 Å². The number of ether oxygens (including phenoxy) is 1. The van der Waals surface area contributed by atoms with Crippen molar-refractivity contribution in [2.24, 2.45) is 22.6 Å². The Kier molecular flexibility index (Phi) is 8.48. The molecule has 0 radical (unpaired) electrons. The average molecular weight is 565 g/mol. The Labute approximate surface area is 228 Å². The van der Waals surface area contributed by atoms with E-state index in [9.17, 15) is 27.6 Å². The van der Waals surface area contributed by atoms with Crippen LogP contribution in [-0.2, 0) is 14.4 Å². The van der Waals surface area contributed by atoms with E-state index in [4.69, 9.17) is 22.1 Å². The van der Waals surface area contributed by atoms with Crippen LogP contribution in [0.2, 0.25) is 5.02 Å². The van der Waals surface area contributed by atoms with Crippen molar-refractivity contribution in [1.29, 1.82) is 0 Å². The number of aliphatic imine (C=N–C) groups is 1. The van der Waals surface area contributed by atoms with Crippen molar-refractivity contribution < 1.29 is 32.3 Å². The average Bonchev–Trinajstić information content (AvgIpc) is 2.99. The molecule has 3 unspecified atom stereocenters. The van der Waals surface area contributed by atoms with Gasteiger partial charge < -0.3 is 20.7 Å². The standard InChI is InChI=1S/C27H28ClF3N4O4/c1-2-5-17(23(32)36)18(10-11-27(29,30)31)25(37)34-24-26(38)35-12-13-39-20-9-4-8-19(22(20)35)21(33-24)15-6-3-7-16(28)14-15/h3-4,6-9,14,17-18,24H,2,5,10-13H2,1H3,(H2,32,36)(H,34,37). The van der Waals surface area contributed by atoms with Crippen molar-refractivity contribution >= 4 is 40.7 Å². The molecular weight excluding hydrogens is 537 g/mol. The first kappa shape index (κ1) is 28.4. The summed E-state index contributed by atoms with van der Waals surface area (Å²) in [5.74, 6) is -4.44. The lowest BCUT2D eigenvalue weighted by atomic mass is 9.83. The first-order valence-electron chi connectivity index (χ1n) is 12.6. The quantitative estimate of drug-likeness (QED) is 0.475. The smallest absolute Gasteiger partial charge is 0.389 e. The number of alkyl halides is 3. The minimum atomic E-state index is -4.55. The minimum absolute atomic E-state index is 0.124. The summed E-state index contributed by atoms with van der Waals surface area (Å²) in [5, 5.41) is 2.95. The Balaban J connectivity index is 1.76. The Morgan fingerprint density at radius 1 is 1.21 bits per heavy atom. The first-order valence-corrected chi connectivity index (χ1v) is 13.0. The lowest BCUT2D eigenvalue weighted by Crippen LogP contribution is -2.52. The highest BCUT2D eigenvalue weighted by atomic mass is 35.5. The third-order valence-electron chi connectivity index (χ3n) is 6.76. The van der Waals surface area contributed by atoms with Crippen molar-refractivity contribution in [1.82, 2.24) is 5.32 Å². The molecule has 4 rings (SSSR count). The number of primary amides is 1. The Morgan fingerprint density at radius 3 is 2.62 bits per heavy atom. The number of nitrogens with two attached hydrogens (primary N) is 1. The number of anilines is 1. The Bertz CT molecular complexity index is 1300. The summed E-state index contributed by atoms with van der Waals surface area (Å²) in [4.78, 5) is 45.4. The van der Waals surface area contributed by atoms with Crippen LogP contribution in [0.3, 0.4) is 0 Å². The van der Waals surface area contributed by atoms with Gasteiger partial charge in [0, 0.05) is 34.4 Å². The summed E-state index contributed by atoms with van der Waals surface area (Å²) in [6, 6.07) is 12.0. The highest BCUT2D eigenvalue weighted by molar-refractivity contribution is 6.31. The lowest BCUT2D eigenvalue weighted by Gasteiger charge is -2.31. The molecule has 2 aliphatic rings. The number of halogens is 4. The zero-order valence-corrected chi connectivity index (χ0v) is 21.9. The monoisotopic (exact) mass is 564 g/mol. The normalized spacial score (nSPS) is 18.3. The maximum Gasteiger partial charge on any atom is 0.389 e. The maximum absolute atomic E-state index is 13.7. The summed E-state index contributed by atoms with van der Waals surface area (Å²) >= 11 is 6.22. The van der Waals surface area contributed by atoms with Crippen LogP contribution in [-0.4, -0.2) is 48.9 Å². The van der Waals surface area contributed by atoms with Crippen LogP contribution >= 0.6 is 11.6 Å². The van der Waals surface area contributed by atoms with Crippen LogP contribution in [0.4, 0.5) is 18.9 Å². The largest absolute Gasteiger partial charge is 0.490 e. The van der Waals surface area contributed by atoms with Gasteiger partial charge in [-0.2, -0.15) is 13.2 Å². The van der Waals surface area contributed by atoms with Gasteiger partial charge in [0.05, 0.1) is 17.9 Å². The van der Waals surface area contributed by atoms with Crippen molar-refractivity contribution in [3.05, 3.63) is 58.6 Å². The van der Waals surface area contributed by atoms with Gasteiger partial charge in [0.25, 0.3) is 5.91 Å². The van der Waals surface area contributed by atoms with E-state index in [0.717, 1.165) is 0 Å². The van der Waals surface area contributed by atoms with E-state index in [1.807, 2.05) is 0 Å². The Hall–Kier alpha value is -3.60. The molecule has 0 aliphatic carbocycles. The second-order valence-electron chi connectivity index (χ2n) is 9.45. The number of para-hydroxylation sites is 1. The summed E-state index contributed by atoms with van der Waals surface area (Å²) in [5.41, 5.74) is 7.43. The van der Waals surface area contributed by atoms with E-state index in [1.54, 1.807) is 49.4 Å². The van der Waals surface area contributed by atoms with Crippen LogP contribution in [0.1, 0.15) is 43.7 Å². The number of rotatable bonds is 9. The number of carbonyl (C=O) groups is 3. The second-order valence-corrected chi connectivity index (χ2v) is 9.88. The second kappa shape index (κ2) is 11.6. The summed E-state index contributed by atoms with van der Waals surface area (Å²) in [6.45, 7) is 2.10. The summed E-state index contributed by atoms with van der Waals surface area (Å²) in [7, 11) is 0. The number of nitrogens with one attached hydrogen (secondary N) is 1. The fourth-order valence-corrected chi connectivity index (χ4v) is 5.17. The van der Waals surface area contributed by atoms with E-state index in [0.29, 0.717) is 39.7 Å². The molecule has 0 saturated heterocycles. The molecule has 3 amide bonds. The maximum atomic E-state index is 13.7. The molecule has 208 valence electrons. The number of hydrogen-bond donors (Lipinski definition) is 2. The molecule has 0 aromatic heterocycles. The van der Waals surface area contributed by atoms with E-state index in [-0.39, 0.29) is 19.6 Å². The third kappa shape index (κ3) is 6.35. The van der Waals surface area contributed by atoms with E-state index in [1.165, 1.54) is 4.90 Å². The van der Waals surface area contributed by atoms with Gasteiger partial charge in [-0.15, -0.1) is 0 Å². The predicted octanol–water partition coefficient (Wildman–Crippen LogP) is 4.22. The minimum Gasteiger partial charge on any atom is -0.490 e. The van der Waals surface area contributed by atoms with E-state index < -0.39 is 54.7 Å². The molecule has 0 bridgehead atoms. The number of nitrogens with zero attached hydrogens (tertiary/aromatic N) is 2.